The van der Waals surface area contributed by atoms with Crippen molar-refractivity contribution in [2.75, 3.05) is 36.5 Å². The van der Waals surface area contributed by atoms with Crippen molar-refractivity contribution in [3.05, 3.63) is 70.9 Å². The first-order valence-corrected chi connectivity index (χ1v) is 12.8. The first-order valence-electron chi connectivity index (χ1n) is 12.0. The van der Waals surface area contributed by atoms with Crippen LogP contribution in [0.3, 0.4) is 0 Å². The molecule has 36 heavy (non-hydrogen) atoms. The maximum atomic E-state index is 13.1. The van der Waals surface area contributed by atoms with Crippen LogP contribution in [-0.2, 0) is 9.53 Å². The summed E-state index contributed by atoms with van der Waals surface area (Å²) < 4.78 is 14.0. The van der Waals surface area contributed by atoms with Crippen LogP contribution in [0.5, 0.6) is 0 Å². The van der Waals surface area contributed by atoms with E-state index in [9.17, 15) is 9.59 Å². The second-order valence-corrected chi connectivity index (χ2v) is 9.83. The van der Waals surface area contributed by atoms with Gasteiger partial charge in [0.1, 0.15) is 5.58 Å². The molecule has 0 atom stereocenters. The van der Waals surface area contributed by atoms with Gasteiger partial charge in [0.2, 0.25) is 5.91 Å². The van der Waals surface area contributed by atoms with Crippen molar-refractivity contribution >= 4 is 67.8 Å². The van der Waals surface area contributed by atoms with Crippen LogP contribution in [0.1, 0.15) is 6.42 Å². The maximum Gasteiger partial charge on any atom is 0.223 e. The van der Waals surface area contributed by atoms with Gasteiger partial charge < -0.3 is 19.4 Å². The summed E-state index contributed by atoms with van der Waals surface area (Å²) in [6.07, 6.45) is 0.544. The lowest BCUT2D eigenvalue weighted by atomic mass is 9.99. The average Bonchev–Trinajstić information content (AvgIpc) is 3.29. The smallest absolute Gasteiger partial charge is 0.223 e. The number of rotatable bonds is 5. The number of carbonyl (C=O) groups is 1. The molecule has 0 saturated carbocycles. The topological polar surface area (TPSA) is 71.8 Å². The molecule has 6 rings (SSSR count). The lowest BCUT2D eigenvalue weighted by Gasteiger charge is -2.27. The Morgan fingerprint density at radius 1 is 1.00 bits per heavy atom. The van der Waals surface area contributed by atoms with E-state index in [1.54, 1.807) is 23.5 Å². The van der Waals surface area contributed by atoms with E-state index in [1.807, 2.05) is 41.3 Å². The van der Waals surface area contributed by atoms with Gasteiger partial charge in [-0.15, -0.1) is 11.3 Å². The Labute approximate surface area is 212 Å². The lowest BCUT2D eigenvalue weighted by Crippen LogP contribution is -2.36. The Bertz CT molecular complexity index is 1670. The molecule has 1 fully saturated rings. The van der Waals surface area contributed by atoms with Gasteiger partial charge in [-0.2, -0.15) is 0 Å². The van der Waals surface area contributed by atoms with Crippen molar-refractivity contribution in [2.24, 2.45) is 0 Å². The Morgan fingerprint density at radius 3 is 2.64 bits per heavy atom. The number of ether oxygens (including phenoxy) is 1. The van der Waals surface area contributed by atoms with Crippen molar-refractivity contribution in [3.63, 3.8) is 0 Å². The minimum Gasteiger partial charge on any atom is -0.440 e. The number of carbonyl (C=O) groups excluding carboxylic acids is 1. The van der Waals surface area contributed by atoms with Gasteiger partial charge in [-0.05, 0) is 18.2 Å². The molecule has 1 aliphatic rings. The minimum atomic E-state index is -0.117. The molecule has 3 aromatic carbocycles. The Morgan fingerprint density at radius 2 is 1.81 bits per heavy atom. The summed E-state index contributed by atoms with van der Waals surface area (Å²) in [4.78, 5) is 27.6. The number of amides is 1. The predicted molar refractivity (Wildman–Crippen MR) is 148 cm³/mol. The number of nitrogens with one attached hydrogen (secondary N) is 1. The molecule has 1 saturated heterocycles. The van der Waals surface area contributed by atoms with Crippen molar-refractivity contribution in [1.82, 2.24) is 0 Å². The summed E-state index contributed by atoms with van der Waals surface area (Å²) in [6, 6.07) is 19.3. The van der Waals surface area contributed by atoms with E-state index in [0.29, 0.717) is 43.2 Å². The number of hydrogen-bond donors (Lipinski definition) is 1. The number of anilines is 2. The van der Waals surface area contributed by atoms with E-state index in [1.165, 1.54) is 0 Å². The van der Waals surface area contributed by atoms with E-state index in [-0.39, 0.29) is 24.1 Å². The fourth-order valence-corrected chi connectivity index (χ4v) is 6.06. The summed E-state index contributed by atoms with van der Waals surface area (Å²) in [7, 11) is 5.59. The molecule has 2 radical (unpaired) electrons. The molecule has 5 aromatic rings. The van der Waals surface area contributed by atoms with Crippen LogP contribution in [0.25, 0.3) is 42.3 Å². The molecule has 0 bridgehead atoms. The highest BCUT2D eigenvalue weighted by atomic mass is 32.1. The highest BCUT2D eigenvalue weighted by Crippen LogP contribution is 2.45. The third kappa shape index (κ3) is 3.96. The van der Waals surface area contributed by atoms with Crippen molar-refractivity contribution in [2.45, 2.75) is 12.7 Å². The Kier molecular flexibility index (Phi) is 5.99. The van der Waals surface area contributed by atoms with Gasteiger partial charge >= 0.3 is 0 Å². The second-order valence-electron chi connectivity index (χ2n) is 8.78. The number of thiophene rings is 1. The largest absolute Gasteiger partial charge is 0.440 e. The molecular formula is C28H23BN2O4S. The standard InChI is InChI=1S/C28H23BN2O4S/c29-11-10-24(33)30-21-9-8-18(28-26(21)20-4-1-2-7-23(20)36-28)17-5-3-6-19-22(32)16-25(35-27(17)19)31-12-14-34-15-13-31/h1-9,16H,10-15H2,(H,30,33). The first kappa shape index (κ1) is 22.8. The summed E-state index contributed by atoms with van der Waals surface area (Å²) in [5.74, 6) is 0.439. The third-order valence-corrected chi connectivity index (χ3v) is 7.73. The monoisotopic (exact) mass is 494 g/mol. The van der Waals surface area contributed by atoms with Gasteiger partial charge in [0.25, 0.3) is 0 Å². The Hall–Kier alpha value is -3.62. The van der Waals surface area contributed by atoms with E-state index < -0.39 is 0 Å². The highest BCUT2D eigenvalue weighted by Gasteiger charge is 2.20. The van der Waals surface area contributed by atoms with Gasteiger partial charge in [0.15, 0.2) is 11.3 Å². The number of benzene rings is 3. The number of fused-ring (bicyclic) bond motifs is 4. The average molecular weight is 494 g/mol. The van der Waals surface area contributed by atoms with Crippen molar-refractivity contribution in [3.8, 4) is 11.1 Å². The van der Waals surface area contributed by atoms with Crippen LogP contribution in [0.2, 0.25) is 6.32 Å². The van der Waals surface area contributed by atoms with Gasteiger partial charge in [0.05, 0.1) is 32.1 Å². The number of morpholine rings is 1. The first-order chi connectivity index (χ1) is 17.6. The molecule has 6 nitrogen and oxygen atoms in total. The van der Waals surface area contributed by atoms with Crippen LogP contribution in [0.15, 0.2) is 69.9 Å². The van der Waals surface area contributed by atoms with Gasteiger partial charge in [-0.3, -0.25) is 9.59 Å². The maximum absolute atomic E-state index is 13.1. The molecule has 1 aliphatic heterocycles. The molecular weight excluding hydrogens is 471 g/mol. The fourth-order valence-electron chi connectivity index (χ4n) is 4.80. The van der Waals surface area contributed by atoms with Gasteiger partial charge in [-0.1, -0.05) is 42.7 Å². The molecule has 2 aromatic heterocycles. The van der Waals surface area contributed by atoms with E-state index in [0.717, 1.165) is 37.0 Å². The van der Waals surface area contributed by atoms with Crippen LogP contribution < -0.4 is 15.6 Å². The number of nitrogens with zero attached hydrogens (tertiary/aromatic N) is 1. The summed E-state index contributed by atoms with van der Waals surface area (Å²) in [5, 5.41) is 5.62. The van der Waals surface area contributed by atoms with E-state index in [4.69, 9.17) is 17.0 Å². The molecule has 3 heterocycles. The zero-order valence-corrected chi connectivity index (χ0v) is 20.4. The lowest BCUT2D eigenvalue weighted by molar-refractivity contribution is -0.115. The van der Waals surface area contributed by atoms with Crippen molar-refractivity contribution < 1.29 is 13.9 Å². The van der Waals surface area contributed by atoms with Gasteiger partial charge in [-0.25, -0.2) is 0 Å². The van der Waals surface area contributed by atoms with Crippen LogP contribution in [0, 0.1) is 0 Å². The normalized spacial score (nSPS) is 14.1. The molecule has 1 amide bonds. The minimum absolute atomic E-state index is 0.0714. The third-order valence-electron chi connectivity index (χ3n) is 6.53. The van der Waals surface area contributed by atoms with Crippen LogP contribution >= 0.6 is 11.3 Å². The molecule has 0 aliphatic carbocycles. The summed E-state index contributed by atoms with van der Waals surface area (Å²) in [5.41, 5.74) is 3.04. The van der Waals surface area contributed by atoms with Gasteiger partial charge in [0, 0.05) is 56.9 Å². The molecule has 1 N–H and O–H groups in total. The highest BCUT2D eigenvalue weighted by molar-refractivity contribution is 7.26. The molecule has 0 unspecified atom stereocenters. The van der Waals surface area contributed by atoms with Crippen LogP contribution in [-0.4, -0.2) is 40.1 Å². The van der Waals surface area contributed by atoms with E-state index >= 15 is 0 Å². The SMILES string of the molecule is [B]CCC(=O)Nc1ccc(-c2cccc3c(=O)cc(N4CCOCC4)oc23)c2sc3ccccc3c12. The van der Waals surface area contributed by atoms with Crippen molar-refractivity contribution in [1.29, 1.82) is 0 Å². The second kappa shape index (κ2) is 9.45. The molecule has 8 heteroatoms. The quantitative estimate of drug-likeness (QED) is 0.323. The molecule has 178 valence electrons. The zero-order chi connectivity index (χ0) is 24.6. The van der Waals surface area contributed by atoms with E-state index in [2.05, 4.69) is 17.4 Å². The Balaban J connectivity index is 1.59. The zero-order valence-electron chi connectivity index (χ0n) is 19.6. The number of para-hydroxylation sites is 1. The summed E-state index contributed by atoms with van der Waals surface area (Å²) in [6.45, 7) is 2.55. The summed E-state index contributed by atoms with van der Waals surface area (Å²) >= 11 is 1.66. The predicted octanol–water partition coefficient (Wildman–Crippen LogP) is 5.58. The van der Waals surface area contributed by atoms with Crippen LogP contribution in [0.4, 0.5) is 11.6 Å². The molecule has 0 spiro atoms. The number of hydrogen-bond acceptors (Lipinski definition) is 6. The fraction of sp³-hybridized carbons (Fsp3) is 0.214.